The molecule has 2 aromatic carbocycles. The fraction of sp³-hybridized carbons (Fsp3) is 0.200. The number of alkyl carbamates (subject to hydrolysis) is 1. The Morgan fingerprint density at radius 2 is 1.72 bits per heavy atom. The van der Waals surface area contributed by atoms with E-state index in [1.54, 1.807) is 38.1 Å². The van der Waals surface area contributed by atoms with Gasteiger partial charge in [0, 0.05) is 23.5 Å². The van der Waals surface area contributed by atoms with Gasteiger partial charge in [-0.2, -0.15) is 0 Å². The van der Waals surface area contributed by atoms with Crippen molar-refractivity contribution in [1.29, 1.82) is 0 Å². The van der Waals surface area contributed by atoms with Crippen LogP contribution in [0.3, 0.4) is 0 Å². The Kier molecular flexibility index (Phi) is 7.00. The lowest BCUT2D eigenvalue weighted by Gasteiger charge is -2.23. The zero-order chi connectivity index (χ0) is 27.7. The first kappa shape index (κ1) is 25.9. The highest BCUT2D eigenvalue weighted by molar-refractivity contribution is 6.21. The normalized spacial score (nSPS) is 14.3. The van der Waals surface area contributed by atoms with E-state index in [4.69, 9.17) is 9.72 Å². The quantitative estimate of drug-likeness (QED) is 0.259. The Morgan fingerprint density at radius 1 is 1.05 bits per heavy atom. The number of rotatable bonds is 8. The predicted octanol–water partition coefficient (Wildman–Crippen LogP) is 4.52. The van der Waals surface area contributed by atoms with E-state index >= 15 is 0 Å². The van der Waals surface area contributed by atoms with Crippen LogP contribution in [0.4, 0.5) is 4.79 Å². The first-order valence-corrected chi connectivity index (χ1v) is 12.6. The molecule has 1 aliphatic rings. The van der Waals surface area contributed by atoms with E-state index < -0.39 is 30.1 Å². The number of carbonyl (C=O) groups is 3. The number of nitrogens with zero attached hydrogens (tertiary/aromatic N) is 3. The number of imide groups is 1. The van der Waals surface area contributed by atoms with Crippen LogP contribution in [-0.2, 0) is 11.2 Å². The smallest absolute Gasteiger partial charge is 0.412 e. The third-order valence-electron chi connectivity index (χ3n) is 6.56. The molecule has 1 aliphatic heterocycles. The van der Waals surface area contributed by atoms with Crippen molar-refractivity contribution in [1.82, 2.24) is 19.6 Å². The van der Waals surface area contributed by atoms with Crippen LogP contribution in [0.1, 0.15) is 51.8 Å². The average molecular weight is 525 g/mol. The maximum absolute atomic E-state index is 12.9. The Morgan fingerprint density at radius 3 is 2.33 bits per heavy atom. The number of aromatic nitrogens is 2. The van der Waals surface area contributed by atoms with Crippen LogP contribution < -0.4 is 5.32 Å². The van der Waals surface area contributed by atoms with Gasteiger partial charge in [-0.15, -0.1) is 0 Å². The second-order valence-electron chi connectivity index (χ2n) is 9.60. The lowest BCUT2D eigenvalue weighted by Crippen LogP contribution is -2.47. The van der Waals surface area contributed by atoms with Crippen molar-refractivity contribution in [3.63, 3.8) is 0 Å². The van der Waals surface area contributed by atoms with E-state index in [0.29, 0.717) is 23.2 Å². The van der Waals surface area contributed by atoms with Crippen LogP contribution in [-0.4, -0.2) is 49.9 Å². The second-order valence-corrected chi connectivity index (χ2v) is 9.60. The van der Waals surface area contributed by atoms with Crippen molar-refractivity contribution >= 4 is 23.6 Å². The maximum Gasteiger partial charge on any atom is 0.412 e. The molecule has 0 saturated heterocycles. The lowest BCUT2D eigenvalue weighted by atomic mass is 10.0. The van der Waals surface area contributed by atoms with E-state index in [1.807, 2.05) is 53.2 Å². The first-order chi connectivity index (χ1) is 18.7. The van der Waals surface area contributed by atoms with Gasteiger partial charge in [0.2, 0.25) is 0 Å². The third-order valence-corrected chi connectivity index (χ3v) is 6.56. The van der Waals surface area contributed by atoms with Crippen molar-refractivity contribution in [2.24, 2.45) is 0 Å². The summed E-state index contributed by atoms with van der Waals surface area (Å²) in [6.45, 7) is 6.83. The zero-order valence-electron chi connectivity index (χ0n) is 21.6. The molecule has 0 radical (unpaired) electrons. The number of aliphatic hydroxyl groups excluding tert-OH is 1. The average Bonchev–Trinajstić information content (AvgIpc) is 3.44. The first-order valence-electron chi connectivity index (χ1n) is 12.6. The molecule has 0 saturated carbocycles. The molecular formula is C30H28N4O5. The summed E-state index contributed by atoms with van der Waals surface area (Å²) in [5.74, 6) is -0.564. The molecule has 9 nitrogen and oxygen atoms in total. The largest absolute Gasteiger partial charge is 0.416 e. The summed E-state index contributed by atoms with van der Waals surface area (Å²) in [7, 11) is 0. The molecule has 2 N–H and O–H groups in total. The number of amides is 3. The van der Waals surface area contributed by atoms with Gasteiger partial charge in [-0.3, -0.25) is 14.5 Å². The number of nitrogens with one attached hydrogen (secondary N) is 1. The monoisotopic (exact) mass is 524 g/mol. The lowest BCUT2D eigenvalue weighted by molar-refractivity contribution is 0.0635. The van der Waals surface area contributed by atoms with E-state index in [0.717, 1.165) is 27.3 Å². The summed E-state index contributed by atoms with van der Waals surface area (Å²) >= 11 is 0. The van der Waals surface area contributed by atoms with Crippen molar-refractivity contribution in [2.75, 3.05) is 6.54 Å². The molecule has 9 heteroatoms. The molecule has 1 unspecified atom stereocenters. The highest BCUT2D eigenvalue weighted by Crippen LogP contribution is 2.26. The van der Waals surface area contributed by atoms with Gasteiger partial charge in [-0.25, -0.2) is 9.78 Å². The van der Waals surface area contributed by atoms with Crippen LogP contribution in [0.15, 0.2) is 85.4 Å². The zero-order valence-corrected chi connectivity index (χ0v) is 21.6. The summed E-state index contributed by atoms with van der Waals surface area (Å²) in [6.07, 6.45) is 2.77. The van der Waals surface area contributed by atoms with Crippen LogP contribution in [0.2, 0.25) is 0 Å². The molecule has 39 heavy (non-hydrogen) atoms. The van der Waals surface area contributed by atoms with Crippen LogP contribution in [0, 0.1) is 0 Å². The van der Waals surface area contributed by atoms with Crippen molar-refractivity contribution in [2.45, 2.75) is 32.4 Å². The molecule has 2 aromatic heterocycles. The number of imidazole rings is 1. The van der Waals surface area contributed by atoms with Crippen molar-refractivity contribution in [3.8, 4) is 11.3 Å². The molecule has 0 fully saturated rings. The number of hydrogen-bond acceptors (Lipinski definition) is 6. The van der Waals surface area contributed by atoms with Gasteiger partial charge in [-0.1, -0.05) is 49.0 Å². The summed E-state index contributed by atoms with van der Waals surface area (Å²) in [6, 6.07) is 17.4. The van der Waals surface area contributed by atoms with Gasteiger partial charge >= 0.3 is 6.09 Å². The maximum atomic E-state index is 12.9. The number of allylic oxidation sites excluding steroid dienone is 1. The summed E-state index contributed by atoms with van der Waals surface area (Å²) in [5.41, 5.74) is 4.63. The van der Waals surface area contributed by atoms with Gasteiger partial charge in [0.15, 0.2) is 0 Å². The number of pyridine rings is 1. The molecule has 2 atom stereocenters. The minimum absolute atomic E-state index is 0.0199. The highest BCUT2D eigenvalue weighted by atomic mass is 16.6. The predicted molar refractivity (Wildman–Crippen MR) is 145 cm³/mol. The molecule has 3 amide bonds. The highest BCUT2D eigenvalue weighted by Gasteiger charge is 2.36. The molecule has 0 spiro atoms. The van der Waals surface area contributed by atoms with E-state index in [2.05, 4.69) is 11.9 Å². The number of carbonyl (C=O) groups excluding carboxylic acids is 3. The number of ether oxygens (including phenoxy) is 1. The number of benzene rings is 2. The molecule has 5 rings (SSSR count). The Balaban J connectivity index is 1.36. The third kappa shape index (κ3) is 5.30. The SMILES string of the molecule is C=C(C)OC(=O)N[C@@H](Cc1ccc(-c2cn3cccc(C(C)O)c3n2)cc1)CN1C(=O)c2ccccc2C1=O. The van der Waals surface area contributed by atoms with Gasteiger partial charge in [0.05, 0.1) is 41.3 Å². The van der Waals surface area contributed by atoms with Gasteiger partial charge in [0.1, 0.15) is 5.65 Å². The minimum Gasteiger partial charge on any atom is -0.416 e. The van der Waals surface area contributed by atoms with E-state index in [-0.39, 0.29) is 12.3 Å². The number of aliphatic hydroxyl groups is 1. The summed E-state index contributed by atoms with van der Waals surface area (Å²) < 4.78 is 6.94. The minimum atomic E-state index is -0.709. The van der Waals surface area contributed by atoms with Gasteiger partial charge in [-0.05, 0) is 44.0 Å². The van der Waals surface area contributed by atoms with Crippen molar-refractivity contribution < 1.29 is 24.2 Å². The Labute approximate surface area is 225 Å². The van der Waals surface area contributed by atoms with Crippen LogP contribution >= 0.6 is 0 Å². The van der Waals surface area contributed by atoms with E-state index in [9.17, 15) is 19.5 Å². The second kappa shape index (κ2) is 10.5. The molecule has 3 heterocycles. The molecule has 4 aromatic rings. The Hall–Kier alpha value is -4.76. The number of hydrogen-bond donors (Lipinski definition) is 2. The van der Waals surface area contributed by atoms with Crippen LogP contribution in [0.25, 0.3) is 16.9 Å². The van der Waals surface area contributed by atoms with Crippen molar-refractivity contribution in [3.05, 3.63) is 108 Å². The van der Waals surface area contributed by atoms with Crippen LogP contribution in [0.5, 0.6) is 0 Å². The molecular weight excluding hydrogens is 496 g/mol. The van der Waals surface area contributed by atoms with E-state index in [1.165, 1.54) is 0 Å². The standard InChI is InChI=1S/C30H28N4O5/c1-18(2)39-30(38)31-22(16-34-28(36)24-7-4-5-8-25(24)29(34)37)15-20-10-12-21(13-11-20)26-17-33-14-6-9-23(19(3)35)27(33)32-26/h4-14,17,19,22,35H,1,15-16H2,2-3H3,(H,31,38)/t19?,22-/m0/s1. The number of fused-ring (bicyclic) bond motifs is 2. The fourth-order valence-electron chi connectivity index (χ4n) is 4.74. The van der Waals surface area contributed by atoms with Gasteiger partial charge in [0.25, 0.3) is 11.8 Å². The molecule has 198 valence electrons. The topological polar surface area (TPSA) is 113 Å². The van der Waals surface area contributed by atoms with Gasteiger partial charge < -0.3 is 19.6 Å². The fourth-order valence-corrected chi connectivity index (χ4v) is 4.74. The summed E-state index contributed by atoms with van der Waals surface area (Å²) in [4.78, 5) is 44.1. The molecule has 0 bridgehead atoms. The summed E-state index contributed by atoms with van der Waals surface area (Å²) in [5, 5.41) is 12.8. The Bertz CT molecular complexity index is 1550. The molecule has 0 aliphatic carbocycles.